The SMILES string of the molecule is CCNC(=NCc1cccc(Cn2cncn2)c1)NCCOCC. The Morgan fingerprint density at radius 1 is 1.25 bits per heavy atom. The number of nitrogens with zero attached hydrogens (tertiary/aromatic N) is 4. The highest BCUT2D eigenvalue weighted by atomic mass is 16.5. The predicted octanol–water partition coefficient (Wildman–Crippen LogP) is 1.42. The van der Waals surface area contributed by atoms with Gasteiger partial charge in [-0.05, 0) is 25.0 Å². The van der Waals surface area contributed by atoms with E-state index in [1.807, 2.05) is 17.7 Å². The van der Waals surface area contributed by atoms with Crippen molar-refractivity contribution in [3.8, 4) is 0 Å². The fourth-order valence-electron chi connectivity index (χ4n) is 2.23. The Bertz CT molecular complexity index is 611. The minimum absolute atomic E-state index is 0.620. The van der Waals surface area contributed by atoms with Crippen molar-refractivity contribution < 1.29 is 4.74 Å². The summed E-state index contributed by atoms with van der Waals surface area (Å²) >= 11 is 0. The molecular weight excluding hydrogens is 304 g/mol. The second-order valence-electron chi connectivity index (χ2n) is 5.23. The minimum atomic E-state index is 0.620. The smallest absolute Gasteiger partial charge is 0.191 e. The van der Waals surface area contributed by atoms with Crippen LogP contribution in [0.4, 0.5) is 0 Å². The van der Waals surface area contributed by atoms with Gasteiger partial charge in [-0.3, -0.25) is 0 Å². The maximum Gasteiger partial charge on any atom is 0.191 e. The number of guanidine groups is 1. The first kappa shape index (κ1) is 17.9. The van der Waals surface area contributed by atoms with E-state index in [-0.39, 0.29) is 0 Å². The number of hydrogen-bond acceptors (Lipinski definition) is 4. The topological polar surface area (TPSA) is 76.4 Å². The maximum absolute atomic E-state index is 5.33. The second-order valence-corrected chi connectivity index (χ2v) is 5.23. The molecule has 0 aliphatic carbocycles. The van der Waals surface area contributed by atoms with Crippen LogP contribution in [0, 0.1) is 0 Å². The molecule has 0 unspecified atom stereocenters. The van der Waals surface area contributed by atoms with Gasteiger partial charge in [-0.25, -0.2) is 14.7 Å². The van der Waals surface area contributed by atoms with Gasteiger partial charge in [0.05, 0.1) is 19.7 Å². The van der Waals surface area contributed by atoms with Crippen LogP contribution in [0.2, 0.25) is 0 Å². The van der Waals surface area contributed by atoms with Crippen LogP contribution in [0.15, 0.2) is 41.9 Å². The lowest BCUT2D eigenvalue weighted by atomic mass is 10.1. The molecule has 7 heteroatoms. The van der Waals surface area contributed by atoms with Gasteiger partial charge >= 0.3 is 0 Å². The van der Waals surface area contributed by atoms with Crippen LogP contribution in [0.1, 0.15) is 25.0 Å². The highest BCUT2D eigenvalue weighted by molar-refractivity contribution is 5.79. The van der Waals surface area contributed by atoms with Crippen molar-refractivity contribution in [1.29, 1.82) is 0 Å². The normalized spacial score (nSPS) is 11.5. The van der Waals surface area contributed by atoms with Gasteiger partial charge in [0.2, 0.25) is 0 Å². The first-order valence-electron chi connectivity index (χ1n) is 8.32. The summed E-state index contributed by atoms with van der Waals surface area (Å²) in [6.45, 7) is 8.35. The summed E-state index contributed by atoms with van der Waals surface area (Å²) in [5.41, 5.74) is 2.34. The molecule has 0 aliphatic rings. The molecule has 7 nitrogen and oxygen atoms in total. The third kappa shape index (κ3) is 6.37. The molecule has 2 rings (SSSR count). The van der Waals surface area contributed by atoms with Gasteiger partial charge < -0.3 is 15.4 Å². The summed E-state index contributed by atoms with van der Waals surface area (Å²) in [6, 6.07) is 8.36. The van der Waals surface area contributed by atoms with E-state index in [1.165, 1.54) is 5.56 Å². The Morgan fingerprint density at radius 2 is 2.12 bits per heavy atom. The lowest BCUT2D eigenvalue weighted by molar-refractivity contribution is 0.152. The van der Waals surface area contributed by atoms with Gasteiger partial charge in [0.1, 0.15) is 12.7 Å². The standard InChI is InChI=1S/C17H26N6O/c1-3-19-17(20-8-9-24-4-2)21-11-15-6-5-7-16(10-15)12-23-14-18-13-22-23/h5-7,10,13-14H,3-4,8-9,11-12H2,1-2H3,(H2,19,20,21). The zero-order chi connectivity index (χ0) is 17.0. The van der Waals surface area contributed by atoms with Gasteiger partial charge in [0, 0.05) is 19.7 Å². The van der Waals surface area contributed by atoms with Crippen LogP contribution < -0.4 is 10.6 Å². The molecule has 0 radical (unpaired) electrons. The molecule has 0 bridgehead atoms. The number of nitrogens with one attached hydrogen (secondary N) is 2. The van der Waals surface area contributed by atoms with E-state index >= 15 is 0 Å². The summed E-state index contributed by atoms with van der Waals surface area (Å²) in [7, 11) is 0. The summed E-state index contributed by atoms with van der Waals surface area (Å²) < 4.78 is 7.14. The average molecular weight is 330 g/mol. The first-order chi connectivity index (χ1) is 11.8. The summed E-state index contributed by atoms with van der Waals surface area (Å²) in [5.74, 6) is 0.805. The van der Waals surface area contributed by atoms with E-state index in [1.54, 1.807) is 12.7 Å². The number of ether oxygens (including phenoxy) is 1. The van der Waals surface area contributed by atoms with Crippen molar-refractivity contribution in [2.75, 3.05) is 26.3 Å². The lowest BCUT2D eigenvalue weighted by Gasteiger charge is -2.11. The maximum atomic E-state index is 5.33. The Kier molecular flexibility index (Phi) is 7.76. The van der Waals surface area contributed by atoms with E-state index in [0.29, 0.717) is 19.7 Å². The van der Waals surface area contributed by atoms with Gasteiger partial charge in [-0.2, -0.15) is 5.10 Å². The van der Waals surface area contributed by atoms with Gasteiger partial charge in [0.15, 0.2) is 5.96 Å². The number of hydrogen-bond donors (Lipinski definition) is 2. The number of benzene rings is 1. The van der Waals surface area contributed by atoms with Crippen LogP contribution in [-0.4, -0.2) is 47.0 Å². The molecule has 1 aromatic carbocycles. The molecule has 1 aromatic heterocycles. The fraction of sp³-hybridized carbons (Fsp3) is 0.471. The van der Waals surface area contributed by atoms with E-state index in [9.17, 15) is 0 Å². The monoisotopic (exact) mass is 330 g/mol. The van der Waals surface area contributed by atoms with Crippen molar-refractivity contribution in [1.82, 2.24) is 25.4 Å². The fourth-order valence-corrected chi connectivity index (χ4v) is 2.23. The highest BCUT2D eigenvalue weighted by Gasteiger charge is 2.00. The molecule has 0 saturated carbocycles. The minimum Gasteiger partial charge on any atom is -0.380 e. The molecule has 0 spiro atoms. The van der Waals surface area contributed by atoms with Crippen molar-refractivity contribution in [3.63, 3.8) is 0 Å². The van der Waals surface area contributed by atoms with Crippen LogP contribution in [0.3, 0.4) is 0 Å². The molecule has 0 saturated heterocycles. The second kappa shape index (κ2) is 10.4. The molecule has 0 amide bonds. The van der Waals surface area contributed by atoms with Gasteiger partial charge in [0.25, 0.3) is 0 Å². The quantitative estimate of drug-likeness (QED) is 0.413. The van der Waals surface area contributed by atoms with E-state index in [2.05, 4.69) is 50.8 Å². The van der Waals surface area contributed by atoms with Crippen LogP contribution in [-0.2, 0) is 17.8 Å². The third-order valence-corrected chi connectivity index (χ3v) is 3.31. The Labute approximate surface area is 143 Å². The summed E-state index contributed by atoms with van der Waals surface area (Å²) in [5, 5.41) is 10.6. The summed E-state index contributed by atoms with van der Waals surface area (Å²) in [6.07, 6.45) is 3.27. The Hall–Kier alpha value is -2.41. The van der Waals surface area contributed by atoms with Gasteiger partial charge in [-0.1, -0.05) is 24.3 Å². The van der Waals surface area contributed by atoms with Crippen molar-refractivity contribution in [2.45, 2.75) is 26.9 Å². The van der Waals surface area contributed by atoms with Crippen LogP contribution in [0.5, 0.6) is 0 Å². The molecule has 2 aromatic rings. The van der Waals surface area contributed by atoms with E-state index in [4.69, 9.17) is 4.74 Å². The number of aliphatic imine (C=N–C) groups is 1. The molecule has 0 fully saturated rings. The third-order valence-electron chi connectivity index (χ3n) is 3.31. The zero-order valence-corrected chi connectivity index (χ0v) is 14.4. The molecule has 24 heavy (non-hydrogen) atoms. The molecular formula is C17H26N6O. The van der Waals surface area contributed by atoms with Crippen LogP contribution >= 0.6 is 0 Å². The Balaban J connectivity index is 1.92. The molecule has 2 N–H and O–H groups in total. The molecule has 0 atom stereocenters. The van der Waals surface area contributed by atoms with Crippen molar-refractivity contribution in [2.24, 2.45) is 4.99 Å². The largest absolute Gasteiger partial charge is 0.380 e. The zero-order valence-electron chi connectivity index (χ0n) is 14.4. The van der Waals surface area contributed by atoms with Crippen molar-refractivity contribution in [3.05, 3.63) is 48.0 Å². The molecule has 0 aliphatic heterocycles. The van der Waals surface area contributed by atoms with E-state index < -0.39 is 0 Å². The highest BCUT2D eigenvalue weighted by Crippen LogP contribution is 2.08. The van der Waals surface area contributed by atoms with Crippen molar-refractivity contribution >= 4 is 5.96 Å². The number of rotatable bonds is 9. The first-order valence-corrected chi connectivity index (χ1v) is 8.32. The average Bonchev–Trinajstić information content (AvgIpc) is 3.10. The predicted molar refractivity (Wildman–Crippen MR) is 94.9 cm³/mol. The Morgan fingerprint density at radius 3 is 2.88 bits per heavy atom. The molecule has 130 valence electrons. The molecule has 1 heterocycles. The van der Waals surface area contributed by atoms with Crippen LogP contribution in [0.25, 0.3) is 0 Å². The number of aromatic nitrogens is 3. The lowest BCUT2D eigenvalue weighted by Crippen LogP contribution is -2.39. The van der Waals surface area contributed by atoms with Gasteiger partial charge in [-0.15, -0.1) is 0 Å². The van der Waals surface area contributed by atoms with E-state index in [0.717, 1.165) is 31.2 Å². The summed E-state index contributed by atoms with van der Waals surface area (Å²) in [4.78, 5) is 8.59.